The Kier molecular flexibility index (Phi) is 5.13. The van der Waals surface area contributed by atoms with Gasteiger partial charge in [-0.05, 0) is 93.9 Å². The maximum atomic E-state index is 14.2. The molecule has 2 aliphatic carbocycles. The van der Waals surface area contributed by atoms with E-state index < -0.39 is 11.6 Å². The van der Waals surface area contributed by atoms with E-state index in [1.165, 1.54) is 25.7 Å². The highest BCUT2D eigenvalue weighted by Crippen LogP contribution is 2.44. The maximum absolute atomic E-state index is 14.2. The Bertz CT molecular complexity index is 553. The van der Waals surface area contributed by atoms with Crippen molar-refractivity contribution in [2.75, 3.05) is 0 Å². The lowest BCUT2D eigenvalue weighted by Crippen LogP contribution is -2.26. The number of hydrogen-bond acceptors (Lipinski definition) is 1. The Hall–Kier alpha value is -1.25. The highest BCUT2D eigenvalue weighted by Gasteiger charge is 2.32. The lowest BCUT2D eigenvalue weighted by Gasteiger charge is -2.37. The summed E-state index contributed by atoms with van der Waals surface area (Å²) in [5, 5.41) is 0. The predicted octanol–water partition coefficient (Wildman–Crippen LogP) is 5.81. The van der Waals surface area contributed by atoms with Gasteiger partial charge in [0.25, 0.3) is 0 Å². The Morgan fingerprint density at radius 3 is 2.00 bits per heavy atom. The first kappa shape index (κ1) is 16.6. The van der Waals surface area contributed by atoms with Crippen LogP contribution in [0, 0.1) is 30.4 Å². The molecule has 2 saturated carbocycles. The largest absolute Gasteiger partial charge is 0.298 e. The third-order valence-electron chi connectivity index (χ3n) is 6.18. The monoisotopic (exact) mass is 319 g/mol. The Labute approximate surface area is 138 Å². The third kappa shape index (κ3) is 3.49. The molecule has 0 spiro atoms. The van der Waals surface area contributed by atoms with E-state index in [9.17, 15) is 8.78 Å². The van der Waals surface area contributed by atoms with Crippen molar-refractivity contribution >= 4 is 6.72 Å². The van der Waals surface area contributed by atoms with Crippen molar-refractivity contribution in [2.24, 2.45) is 16.8 Å². The summed E-state index contributed by atoms with van der Waals surface area (Å²) in [6.45, 7) is 5.29. The topological polar surface area (TPSA) is 12.4 Å². The molecule has 0 atom stereocenters. The first-order chi connectivity index (χ1) is 11.1. The lowest BCUT2D eigenvalue weighted by molar-refractivity contribution is 0.177. The molecule has 0 unspecified atom stereocenters. The van der Waals surface area contributed by atoms with E-state index in [4.69, 9.17) is 0 Å². The van der Waals surface area contributed by atoms with Crippen LogP contribution in [-0.4, -0.2) is 12.8 Å². The molecule has 0 heterocycles. The molecule has 0 bridgehead atoms. The molecule has 0 radical (unpaired) electrons. The van der Waals surface area contributed by atoms with E-state index in [2.05, 4.69) is 11.7 Å². The number of halogens is 2. The summed E-state index contributed by atoms with van der Waals surface area (Å²) in [6.07, 6.45) is 9.14. The zero-order valence-electron chi connectivity index (χ0n) is 14.0. The average Bonchev–Trinajstić information content (AvgIpc) is 2.60. The number of hydrogen-bond donors (Lipinski definition) is 0. The molecule has 23 heavy (non-hydrogen) atoms. The van der Waals surface area contributed by atoms with Crippen molar-refractivity contribution in [3.05, 3.63) is 34.9 Å². The molecule has 0 aliphatic heterocycles. The molecule has 0 saturated heterocycles. The zero-order valence-corrected chi connectivity index (χ0v) is 14.0. The van der Waals surface area contributed by atoms with Crippen molar-refractivity contribution in [3.63, 3.8) is 0 Å². The van der Waals surface area contributed by atoms with Crippen molar-refractivity contribution in [2.45, 2.75) is 70.3 Å². The van der Waals surface area contributed by atoms with Gasteiger partial charge in [-0.15, -0.1) is 0 Å². The second kappa shape index (κ2) is 7.11. The second-order valence-electron chi connectivity index (χ2n) is 7.46. The van der Waals surface area contributed by atoms with Gasteiger partial charge in [-0.1, -0.05) is 12.1 Å². The summed E-state index contributed by atoms with van der Waals surface area (Å²) in [4.78, 5) is 4.18. The average molecular weight is 319 g/mol. The van der Waals surface area contributed by atoms with Crippen LogP contribution in [0.4, 0.5) is 8.78 Å². The predicted molar refractivity (Wildman–Crippen MR) is 91.1 cm³/mol. The lowest BCUT2D eigenvalue weighted by atomic mass is 9.69. The summed E-state index contributed by atoms with van der Waals surface area (Å²) >= 11 is 0. The second-order valence-corrected chi connectivity index (χ2v) is 7.46. The molecule has 1 nitrogen and oxygen atoms in total. The highest BCUT2D eigenvalue weighted by atomic mass is 19.2. The van der Waals surface area contributed by atoms with E-state index in [1.807, 2.05) is 0 Å². The molecule has 2 aliphatic rings. The standard InChI is InChI=1S/C20H27F2N/c1-13-3-12-18(20(22)19(13)21)16-6-4-14(5-7-16)15-8-10-17(23-2)11-9-15/h3,12,14-17H,2,4-11H2,1H3. The van der Waals surface area contributed by atoms with Gasteiger partial charge in [0, 0.05) is 6.04 Å². The van der Waals surface area contributed by atoms with Crippen molar-refractivity contribution in [1.82, 2.24) is 0 Å². The molecule has 2 fully saturated rings. The van der Waals surface area contributed by atoms with Gasteiger partial charge in [-0.3, -0.25) is 4.99 Å². The first-order valence-electron chi connectivity index (χ1n) is 9.00. The van der Waals surface area contributed by atoms with E-state index in [1.54, 1.807) is 19.1 Å². The van der Waals surface area contributed by atoms with Gasteiger partial charge >= 0.3 is 0 Å². The van der Waals surface area contributed by atoms with Gasteiger partial charge in [0.1, 0.15) is 0 Å². The molecule has 1 aromatic rings. The van der Waals surface area contributed by atoms with Crippen LogP contribution < -0.4 is 0 Å². The van der Waals surface area contributed by atoms with Gasteiger partial charge in [0.15, 0.2) is 11.6 Å². The fraction of sp³-hybridized carbons (Fsp3) is 0.650. The highest BCUT2D eigenvalue weighted by molar-refractivity contribution is 5.28. The number of rotatable bonds is 3. The minimum atomic E-state index is -0.667. The quantitative estimate of drug-likeness (QED) is 0.624. The smallest absolute Gasteiger partial charge is 0.162 e. The molecule has 126 valence electrons. The molecule has 3 rings (SSSR count). The number of benzene rings is 1. The van der Waals surface area contributed by atoms with Crippen LogP contribution in [0.2, 0.25) is 0 Å². The molecule has 0 amide bonds. The van der Waals surface area contributed by atoms with Crippen LogP contribution in [-0.2, 0) is 0 Å². The third-order valence-corrected chi connectivity index (χ3v) is 6.18. The van der Waals surface area contributed by atoms with E-state index in [0.29, 0.717) is 17.2 Å². The van der Waals surface area contributed by atoms with Crippen LogP contribution in [0.3, 0.4) is 0 Å². The summed E-state index contributed by atoms with van der Waals surface area (Å²) in [5.41, 5.74) is 0.985. The van der Waals surface area contributed by atoms with E-state index in [-0.39, 0.29) is 5.92 Å². The Balaban J connectivity index is 1.59. The van der Waals surface area contributed by atoms with Crippen LogP contribution >= 0.6 is 0 Å². The number of aliphatic imine (C=N–C) groups is 1. The van der Waals surface area contributed by atoms with Gasteiger partial charge in [0.05, 0.1) is 0 Å². The van der Waals surface area contributed by atoms with Crippen molar-refractivity contribution in [1.29, 1.82) is 0 Å². The first-order valence-corrected chi connectivity index (χ1v) is 9.00. The summed E-state index contributed by atoms with van der Waals surface area (Å²) in [5.74, 6) is 0.460. The van der Waals surface area contributed by atoms with Gasteiger partial charge in [0.2, 0.25) is 0 Å². The zero-order chi connectivity index (χ0) is 16.4. The number of aryl methyl sites for hydroxylation is 1. The number of nitrogens with zero attached hydrogens (tertiary/aromatic N) is 1. The maximum Gasteiger partial charge on any atom is 0.162 e. The summed E-state index contributed by atoms with van der Waals surface area (Å²) < 4.78 is 28.0. The van der Waals surface area contributed by atoms with Gasteiger partial charge in [-0.2, -0.15) is 0 Å². The Morgan fingerprint density at radius 1 is 0.870 bits per heavy atom. The Morgan fingerprint density at radius 2 is 1.43 bits per heavy atom. The van der Waals surface area contributed by atoms with Crippen LogP contribution in [0.5, 0.6) is 0 Å². The van der Waals surface area contributed by atoms with Gasteiger partial charge in [-0.25, -0.2) is 8.78 Å². The van der Waals surface area contributed by atoms with Crippen LogP contribution in [0.25, 0.3) is 0 Å². The molecular weight excluding hydrogens is 292 g/mol. The molecule has 0 N–H and O–H groups in total. The van der Waals surface area contributed by atoms with Crippen LogP contribution in [0.1, 0.15) is 68.4 Å². The fourth-order valence-corrected chi connectivity index (χ4v) is 4.63. The van der Waals surface area contributed by atoms with E-state index >= 15 is 0 Å². The minimum absolute atomic E-state index is 0.188. The fourth-order valence-electron chi connectivity index (χ4n) is 4.63. The SMILES string of the molecule is C=NC1CCC(C2CCC(c3ccc(C)c(F)c3F)CC2)CC1. The molecular formula is C20H27F2N. The summed E-state index contributed by atoms with van der Waals surface area (Å²) in [7, 11) is 0. The molecule has 0 aromatic heterocycles. The van der Waals surface area contributed by atoms with E-state index in [0.717, 1.165) is 37.5 Å². The molecule has 3 heteroatoms. The summed E-state index contributed by atoms with van der Waals surface area (Å²) in [6, 6.07) is 3.97. The van der Waals surface area contributed by atoms with Gasteiger partial charge < -0.3 is 0 Å². The van der Waals surface area contributed by atoms with Crippen LogP contribution in [0.15, 0.2) is 17.1 Å². The normalized spacial score (nSPS) is 31.8. The van der Waals surface area contributed by atoms with Crippen molar-refractivity contribution in [3.8, 4) is 0 Å². The minimum Gasteiger partial charge on any atom is -0.298 e. The molecule has 1 aromatic carbocycles. The van der Waals surface area contributed by atoms with Crippen molar-refractivity contribution < 1.29 is 8.78 Å².